The van der Waals surface area contributed by atoms with Gasteiger partial charge in [0.15, 0.2) is 11.2 Å². The molecule has 0 amide bonds. The Morgan fingerprint density at radius 2 is 0.643 bits per heavy atom. The van der Waals surface area contributed by atoms with E-state index in [0.29, 0.717) is 0 Å². The van der Waals surface area contributed by atoms with E-state index in [2.05, 4.69) is 233 Å². The van der Waals surface area contributed by atoms with Crippen LogP contribution in [-0.2, 0) is 0 Å². The Morgan fingerprint density at radius 3 is 1.06 bits per heavy atom. The highest BCUT2D eigenvalue weighted by Gasteiger charge is 2.29. The van der Waals surface area contributed by atoms with Gasteiger partial charge in [0, 0.05) is 32.3 Å². The van der Waals surface area contributed by atoms with Gasteiger partial charge in [0.1, 0.15) is 11.2 Å². The molecule has 4 heteroatoms. The zero-order chi connectivity index (χ0) is 47.1. The Bertz CT molecular complexity index is 4180. The van der Waals surface area contributed by atoms with E-state index in [1.54, 1.807) is 0 Å². The van der Waals surface area contributed by atoms with Crippen LogP contribution in [0.3, 0.4) is 0 Å². The Kier molecular flexibility index (Phi) is 8.64. The Labute approximate surface area is 405 Å². The maximum Gasteiger partial charge on any atom is 0.160 e. The van der Waals surface area contributed by atoms with E-state index in [1.165, 1.54) is 87.2 Å². The molecule has 14 aromatic rings. The number of fused-ring (bicyclic) bond motifs is 10. The Balaban J connectivity index is 1.09. The monoisotopic (exact) mass is 900 g/mol. The van der Waals surface area contributed by atoms with Crippen LogP contribution in [0.4, 0.5) is 34.1 Å². The minimum atomic E-state index is 0.874. The predicted octanol–water partition coefficient (Wildman–Crippen LogP) is 19.5. The van der Waals surface area contributed by atoms with Crippen molar-refractivity contribution in [1.29, 1.82) is 0 Å². The molecule has 0 N–H and O–H groups in total. The normalized spacial score (nSPS) is 12.1. The maximum atomic E-state index is 7.02. The van der Waals surface area contributed by atoms with Crippen LogP contribution < -0.4 is 9.80 Å². The minimum Gasteiger partial charge on any atom is -0.454 e. The minimum absolute atomic E-state index is 0.874. The van der Waals surface area contributed by atoms with Crippen molar-refractivity contribution in [1.82, 2.24) is 0 Å². The lowest BCUT2D eigenvalue weighted by Crippen LogP contribution is -2.15. The first-order valence-electron chi connectivity index (χ1n) is 24.3. The molecule has 0 bridgehead atoms. The summed E-state index contributed by atoms with van der Waals surface area (Å²) in [6, 6.07) is 66.9. The van der Waals surface area contributed by atoms with Crippen molar-refractivity contribution < 1.29 is 8.83 Å². The molecule has 4 nitrogen and oxygen atoms in total. The molecule has 2 heterocycles. The van der Waals surface area contributed by atoms with E-state index >= 15 is 0 Å². The summed E-state index contributed by atoms with van der Waals surface area (Å²) < 4.78 is 14.0. The lowest BCUT2D eigenvalue weighted by molar-refractivity contribution is 0.669. The standard InChI is InChI=1S/C66H48N2O2/c1-37-31-39(3)63(40(4)32-37)67(55-35-45-15-7-9-17-47(45)61-51-19-11-13-21-57(51)69-65(55)61)53-29-25-43-24-28-50-54(30-26-44-23-27-49(53)59(43)60(44)50)68(64-41(5)33-38(2)34-42(64)6)56-36-46-16-8-10-18-48(46)62-52-20-12-14-22-58(52)70-66(56)62/h7-36H,1-6H3. The lowest BCUT2D eigenvalue weighted by atomic mass is 9.91. The van der Waals surface area contributed by atoms with Crippen LogP contribution in [0, 0.1) is 41.5 Å². The summed E-state index contributed by atoms with van der Waals surface area (Å²) in [5.74, 6) is 0. The van der Waals surface area contributed by atoms with Crippen molar-refractivity contribution in [2.75, 3.05) is 9.80 Å². The SMILES string of the molecule is Cc1cc(C)c(N(c2ccc3ccc4c(N(c5c(C)cc(C)cc5C)c5cc6ccccc6c6c5oc5ccccc56)ccc5ccc2c3c54)c2cc3ccccc3c3c2oc2ccccc23)c(C)c1. The fourth-order valence-electron chi connectivity index (χ4n) is 12.4. The smallest absolute Gasteiger partial charge is 0.160 e. The van der Waals surface area contributed by atoms with Crippen LogP contribution in [0.5, 0.6) is 0 Å². The number of para-hydroxylation sites is 2. The summed E-state index contributed by atoms with van der Waals surface area (Å²) in [6.07, 6.45) is 0. The predicted molar refractivity (Wildman–Crippen MR) is 298 cm³/mol. The first-order chi connectivity index (χ1) is 34.2. The number of anilines is 6. The Morgan fingerprint density at radius 1 is 0.286 bits per heavy atom. The molecule has 70 heavy (non-hydrogen) atoms. The molecule has 0 aliphatic carbocycles. The second kappa shape index (κ2) is 14.9. The molecular weight excluding hydrogens is 853 g/mol. The summed E-state index contributed by atoms with van der Waals surface area (Å²) in [4.78, 5) is 4.99. The summed E-state index contributed by atoms with van der Waals surface area (Å²) in [7, 11) is 0. The van der Waals surface area contributed by atoms with E-state index in [0.717, 1.165) is 78.0 Å². The number of hydrogen-bond acceptors (Lipinski definition) is 4. The molecule has 12 aromatic carbocycles. The van der Waals surface area contributed by atoms with Crippen LogP contribution >= 0.6 is 0 Å². The van der Waals surface area contributed by atoms with Gasteiger partial charge in [-0.25, -0.2) is 0 Å². The molecule has 0 radical (unpaired) electrons. The third-order valence-electron chi connectivity index (χ3n) is 15.0. The average Bonchev–Trinajstić information content (AvgIpc) is 3.96. The van der Waals surface area contributed by atoms with E-state index in [-0.39, 0.29) is 0 Å². The van der Waals surface area contributed by atoms with Crippen molar-refractivity contribution in [3.63, 3.8) is 0 Å². The molecule has 0 atom stereocenters. The second-order valence-electron chi connectivity index (χ2n) is 19.6. The van der Waals surface area contributed by atoms with Crippen LogP contribution in [0.25, 0.3) is 97.7 Å². The number of nitrogens with zero attached hydrogens (tertiary/aromatic N) is 2. The first-order valence-corrected chi connectivity index (χ1v) is 24.3. The van der Waals surface area contributed by atoms with Crippen LogP contribution in [-0.4, -0.2) is 0 Å². The molecule has 0 saturated heterocycles. The topological polar surface area (TPSA) is 32.8 Å². The Hall–Kier alpha value is -8.60. The zero-order valence-electron chi connectivity index (χ0n) is 40.0. The highest BCUT2D eigenvalue weighted by atomic mass is 16.3. The number of benzene rings is 12. The summed E-state index contributed by atoms with van der Waals surface area (Å²) in [5, 5.41) is 16.4. The van der Waals surface area contributed by atoms with Gasteiger partial charge >= 0.3 is 0 Å². The van der Waals surface area contributed by atoms with Gasteiger partial charge in [-0.05, 0) is 143 Å². The lowest BCUT2D eigenvalue weighted by Gasteiger charge is -2.32. The number of rotatable bonds is 6. The average molecular weight is 901 g/mol. The molecule has 0 aliphatic heterocycles. The molecule has 0 unspecified atom stereocenters. The molecule has 0 saturated carbocycles. The molecule has 0 spiro atoms. The van der Waals surface area contributed by atoms with Gasteiger partial charge in [-0.3, -0.25) is 0 Å². The first kappa shape index (κ1) is 40.5. The van der Waals surface area contributed by atoms with Crippen molar-refractivity contribution in [2.45, 2.75) is 41.5 Å². The van der Waals surface area contributed by atoms with E-state index in [9.17, 15) is 0 Å². The van der Waals surface area contributed by atoms with Crippen molar-refractivity contribution in [3.05, 3.63) is 215 Å². The fourth-order valence-corrected chi connectivity index (χ4v) is 12.4. The maximum absolute atomic E-state index is 7.02. The van der Waals surface area contributed by atoms with Crippen molar-refractivity contribution in [3.8, 4) is 0 Å². The van der Waals surface area contributed by atoms with Gasteiger partial charge in [0.05, 0.1) is 34.1 Å². The van der Waals surface area contributed by atoms with Gasteiger partial charge in [-0.1, -0.05) is 157 Å². The molecule has 2 aromatic heterocycles. The van der Waals surface area contributed by atoms with Gasteiger partial charge < -0.3 is 18.6 Å². The molecular formula is C66H48N2O2. The molecule has 14 rings (SSSR count). The van der Waals surface area contributed by atoms with E-state index in [1.807, 2.05) is 0 Å². The zero-order valence-corrected chi connectivity index (χ0v) is 40.0. The third kappa shape index (κ3) is 5.77. The van der Waals surface area contributed by atoms with Crippen LogP contribution in [0.2, 0.25) is 0 Å². The molecule has 0 fully saturated rings. The van der Waals surface area contributed by atoms with E-state index in [4.69, 9.17) is 8.83 Å². The van der Waals surface area contributed by atoms with Gasteiger partial charge in [-0.2, -0.15) is 0 Å². The molecule has 334 valence electrons. The number of hydrogen-bond donors (Lipinski definition) is 0. The third-order valence-corrected chi connectivity index (χ3v) is 15.0. The summed E-state index contributed by atoms with van der Waals surface area (Å²) in [6.45, 7) is 13.4. The summed E-state index contributed by atoms with van der Waals surface area (Å²) >= 11 is 0. The van der Waals surface area contributed by atoms with Crippen LogP contribution in [0.1, 0.15) is 33.4 Å². The summed E-state index contributed by atoms with van der Waals surface area (Å²) in [5.41, 5.74) is 17.3. The highest BCUT2D eigenvalue weighted by molar-refractivity contribution is 6.30. The quantitative estimate of drug-likeness (QED) is 0.156. The van der Waals surface area contributed by atoms with E-state index < -0.39 is 0 Å². The number of aryl methyl sites for hydroxylation is 6. The second-order valence-corrected chi connectivity index (χ2v) is 19.6. The van der Waals surface area contributed by atoms with Gasteiger partial charge in [0.2, 0.25) is 0 Å². The molecule has 0 aliphatic rings. The number of furan rings is 2. The van der Waals surface area contributed by atoms with Crippen molar-refractivity contribution >= 4 is 132 Å². The van der Waals surface area contributed by atoms with Gasteiger partial charge in [0.25, 0.3) is 0 Å². The largest absolute Gasteiger partial charge is 0.454 e. The highest BCUT2D eigenvalue weighted by Crippen LogP contribution is 2.53. The van der Waals surface area contributed by atoms with Crippen molar-refractivity contribution in [2.24, 2.45) is 0 Å². The van der Waals surface area contributed by atoms with Gasteiger partial charge in [-0.15, -0.1) is 0 Å². The van der Waals surface area contributed by atoms with Crippen LogP contribution in [0.15, 0.2) is 191 Å². The fraction of sp³-hybridized carbons (Fsp3) is 0.0909.